The SMILES string of the molecule is CCC(C[Si](Cl)(Cl)C(S)CC)N([Si](C(C)C)(C(C)C)C(C)C)[Si](C(C)C)(C(C)C)C(C)C. The molecule has 0 aromatic carbocycles. The van der Waals surface area contributed by atoms with E-state index in [1.165, 1.54) is 0 Å². The highest BCUT2D eigenvalue weighted by Crippen LogP contribution is 2.56. The Balaban J connectivity index is 7.45. The molecule has 0 rings (SSSR count). The van der Waals surface area contributed by atoms with Crippen LogP contribution in [-0.4, -0.2) is 38.3 Å². The van der Waals surface area contributed by atoms with Gasteiger partial charge in [0.15, 0.2) is 0 Å². The van der Waals surface area contributed by atoms with Crippen molar-refractivity contribution in [3.05, 3.63) is 0 Å². The monoisotopic (exact) mass is 557 g/mol. The van der Waals surface area contributed by atoms with Gasteiger partial charge >= 0.3 is 0 Å². The fraction of sp³-hybridized carbons (Fsp3) is 1.00. The van der Waals surface area contributed by atoms with E-state index < -0.39 is 23.2 Å². The second-order valence-electron chi connectivity index (χ2n) is 12.0. The Bertz CT molecular complexity index is 478. The van der Waals surface area contributed by atoms with Gasteiger partial charge in [-0.2, -0.15) is 12.6 Å². The van der Waals surface area contributed by atoms with Crippen molar-refractivity contribution in [1.29, 1.82) is 0 Å². The zero-order valence-electron chi connectivity index (χ0n) is 23.9. The highest BCUT2D eigenvalue weighted by molar-refractivity contribution is 7.85. The minimum Gasteiger partial charge on any atom is -0.341 e. The highest BCUT2D eigenvalue weighted by Gasteiger charge is 2.61. The van der Waals surface area contributed by atoms with Gasteiger partial charge < -0.3 is 4.23 Å². The van der Waals surface area contributed by atoms with Gasteiger partial charge in [0.1, 0.15) is 16.5 Å². The van der Waals surface area contributed by atoms with Crippen molar-refractivity contribution in [2.24, 2.45) is 0 Å². The van der Waals surface area contributed by atoms with Crippen LogP contribution in [0.3, 0.4) is 0 Å². The van der Waals surface area contributed by atoms with Crippen LogP contribution in [0.1, 0.15) is 110 Å². The largest absolute Gasteiger partial charge is 0.341 e. The molecule has 0 bridgehead atoms. The topological polar surface area (TPSA) is 3.24 Å². The van der Waals surface area contributed by atoms with Gasteiger partial charge in [-0.3, -0.25) is 0 Å². The first-order valence-electron chi connectivity index (χ1n) is 13.3. The van der Waals surface area contributed by atoms with E-state index in [0.717, 1.165) is 18.9 Å². The summed E-state index contributed by atoms with van der Waals surface area (Å²) < 4.78 is 3.29. The Hall–Kier alpha value is 1.54. The van der Waals surface area contributed by atoms with Crippen LogP contribution < -0.4 is 0 Å². The lowest BCUT2D eigenvalue weighted by molar-refractivity contribution is 0.396. The van der Waals surface area contributed by atoms with Crippen LogP contribution in [0.2, 0.25) is 39.3 Å². The van der Waals surface area contributed by atoms with Crippen molar-refractivity contribution in [3.8, 4) is 0 Å². The van der Waals surface area contributed by atoms with Crippen molar-refractivity contribution in [1.82, 2.24) is 4.23 Å². The summed E-state index contributed by atoms with van der Waals surface area (Å²) >= 11 is 19.3. The van der Waals surface area contributed by atoms with Crippen LogP contribution in [0.5, 0.6) is 0 Å². The van der Waals surface area contributed by atoms with Gasteiger partial charge in [0, 0.05) is 4.87 Å². The minimum absolute atomic E-state index is 0.128. The van der Waals surface area contributed by atoms with Gasteiger partial charge in [-0.15, -0.1) is 22.2 Å². The predicted molar refractivity (Wildman–Crippen MR) is 163 cm³/mol. The second-order valence-corrected chi connectivity index (χ2v) is 32.3. The van der Waals surface area contributed by atoms with E-state index in [0.29, 0.717) is 39.3 Å². The first kappa shape index (κ1) is 33.5. The van der Waals surface area contributed by atoms with Crippen LogP contribution in [0.15, 0.2) is 0 Å². The van der Waals surface area contributed by atoms with E-state index >= 15 is 0 Å². The molecule has 7 heteroatoms. The molecule has 0 saturated heterocycles. The lowest BCUT2D eigenvalue weighted by atomic mass is 10.3. The maximum atomic E-state index is 7.21. The van der Waals surface area contributed by atoms with E-state index in [2.05, 4.69) is 101 Å². The average molecular weight is 559 g/mol. The first-order chi connectivity index (χ1) is 14.4. The van der Waals surface area contributed by atoms with E-state index in [9.17, 15) is 0 Å². The summed E-state index contributed by atoms with van der Waals surface area (Å²) in [6, 6.07) is 1.40. The molecule has 0 fully saturated rings. The van der Waals surface area contributed by atoms with Crippen LogP contribution in [0, 0.1) is 0 Å². The van der Waals surface area contributed by atoms with E-state index in [4.69, 9.17) is 34.8 Å². The summed E-state index contributed by atoms with van der Waals surface area (Å²) in [5.41, 5.74) is 4.08. The molecular weight excluding hydrogens is 502 g/mol. The van der Waals surface area contributed by atoms with E-state index in [-0.39, 0.29) is 4.87 Å². The average Bonchev–Trinajstić information content (AvgIpc) is 2.63. The predicted octanol–water partition coefficient (Wildman–Crippen LogP) is 10.6. The molecule has 0 radical (unpaired) electrons. The second kappa shape index (κ2) is 13.2. The zero-order valence-corrected chi connectivity index (χ0v) is 29.3. The maximum absolute atomic E-state index is 7.21. The molecular formula is C25H57Cl2NSSi3. The zero-order chi connectivity index (χ0) is 25.8. The normalized spacial score (nSPS) is 16.5. The van der Waals surface area contributed by atoms with E-state index in [1.807, 2.05) is 0 Å². The molecule has 1 nitrogen and oxygen atoms in total. The van der Waals surface area contributed by atoms with Crippen LogP contribution >= 0.6 is 34.8 Å². The fourth-order valence-electron chi connectivity index (χ4n) is 7.80. The Morgan fingerprint density at radius 3 is 1.06 bits per heavy atom. The summed E-state index contributed by atoms with van der Waals surface area (Å²) in [6.45, 7) is 32.3. The third kappa shape index (κ3) is 6.26. The minimum atomic E-state index is -2.51. The molecule has 0 amide bonds. The third-order valence-corrected chi connectivity index (χ3v) is 31.9. The Kier molecular flexibility index (Phi) is 13.8. The van der Waals surface area contributed by atoms with Gasteiger partial charge in [-0.05, 0) is 58.2 Å². The molecule has 32 heavy (non-hydrogen) atoms. The van der Waals surface area contributed by atoms with Gasteiger partial charge in [-0.25, -0.2) is 0 Å². The third-order valence-electron chi connectivity index (χ3n) is 8.60. The van der Waals surface area contributed by atoms with Crippen LogP contribution in [0.4, 0.5) is 0 Å². The highest BCUT2D eigenvalue weighted by atomic mass is 35.7. The van der Waals surface area contributed by atoms with Crippen LogP contribution in [-0.2, 0) is 0 Å². The molecule has 0 spiro atoms. The fourth-order valence-corrected chi connectivity index (χ4v) is 32.9. The van der Waals surface area contributed by atoms with Gasteiger partial charge in [-0.1, -0.05) is 96.9 Å². The van der Waals surface area contributed by atoms with Crippen molar-refractivity contribution < 1.29 is 0 Å². The summed E-state index contributed by atoms with van der Waals surface area (Å²) in [5, 5.41) is 0. The Labute approximate surface area is 221 Å². The number of hydrogen-bond acceptors (Lipinski definition) is 2. The summed E-state index contributed by atoms with van der Waals surface area (Å²) in [4.78, 5) is 0.128. The van der Waals surface area contributed by atoms with Crippen molar-refractivity contribution in [2.45, 2.75) is 160 Å². The first-order valence-corrected chi connectivity index (χ1v) is 22.5. The van der Waals surface area contributed by atoms with Crippen molar-refractivity contribution in [3.63, 3.8) is 0 Å². The number of hydrogen-bond donors (Lipinski definition) is 1. The molecule has 0 N–H and O–H groups in total. The standard InChI is InChI=1S/C25H57Cl2NSSi3/c1-15-24(17-30(26,27)25(29)16-2)28(31(18(3)4,19(5)6)20(7)8)32(21(9)10,22(11)12)23(13)14/h18-25,29H,15-17H2,1-14H3. The summed E-state index contributed by atoms with van der Waals surface area (Å²) in [5.74, 6) is 0. The quantitative estimate of drug-likeness (QED) is 0.126. The van der Waals surface area contributed by atoms with Gasteiger partial charge in [0.05, 0.1) is 0 Å². The molecule has 0 aromatic heterocycles. The number of halogens is 2. The van der Waals surface area contributed by atoms with Crippen LogP contribution in [0.25, 0.3) is 0 Å². The van der Waals surface area contributed by atoms with Gasteiger partial charge in [0.2, 0.25) is 0 Å². The molecule has 2 atom stereocenters. The molecule has 0 aliphatic carbocycles. The number of rotatable bonds is 14. The number of nitrogens with zero attached hydrogens (tertiary/aromatic N) is 1. The summed E-state index contributed by atoms with van der Waals surface area (Å²) in [6.07, 6.45) is 2.07. The molecule has 0 heterocycles. The molecule has 0 aromatic rings. The maximum Gasteiger partial charge on any atom is 0.265 e. The summed E-state index contributed by atoms with van der Waals surface area (Å²) in [7, 11) is -3.87. The lowest BCUT2D eigenvalue weighted by Crippen LogP contribution is -2.76. The van der Waals surface area contributed by atoms with E-state index in [1.54, 1.807) is 0 Å². The van der Waals surface area contributed by atoms with Crippen molar-refractivity contribution >= 4 is 58.0 Å². The Morgan fingerprint density at radius 2 is 0.875 bits per heavy atom. The molecule has 2 unspecified atom stereocenters. The molecule has 0 saturated carbocycles. The van der Waals surface area contributed by atoms with Gasteiger partial charge in [0.25, 0.3) is 6.69 Å². The Morgan fingerprint density at radius 1 is 0.594 bits per heavy atom. The molecule has 0 aliphatic heterocycles. The molecule has 194 valence electrons. The smallest absolute Gasteiger partial charge is 0.265 e. The molecule has 0 aliphatic rings. The lowest BCUT2D eigenvalue weighted by Gasteiger charge is -2.65. The van der Waals surface area contributed by atoms with Crippen molar-refractivity contribution in [2.75, 3.05) is 0 Å². The number of thiol groups is 1.